The molecule has 0 aliphatic rings. The molecule has 0 bridgehead atoms. The topological polar surface area (TPSA) is 66.3 Å². The van der Waals surface area contributed by atoms with E-state index in [2.05, 4.69) is 225 Å². The van der Waals surface area contributed by atoms with Crippen molar-refractivity contribution < 1.29 is 0 Å². The van der Waals surface area contributed by atoms with Gasteiger partial charge < -0.3 is 13.7 Å². The Morgan fingerprint density at radius 3 is 1.09 bits per heavy atom. The fourth-order valence-electron chi connectivity index (χ4n) is 11.3. The Kier molecular flexibility index (Phi) is 9.75. The maximum atomic E-state index is 5.09. The number of rotatable bonds is 8. The van der Waals surface area contributed by atoms with Gasteiger partial charge in [-0.3, -0.25) is 4.98 Å². The largest absolute Gasteiger partial charge is 0.309 e. The first-order valence-corrected chi connectivity index (χ1v) is 25.3. The first kappa shape index (κ1) is 42.4. The van der Waals surface area contributed by atoms with Gasteiger partial charge in [0.2, 0.25) is 0 Å². The molecule has 75 heavy (non-hydrogen) atoms. The van der Waals surface area contributed by atoms with E-state index in [4.69, 9.17) is 15.0 Å². The molecule has 0 saturated heterocycles. The van der Waals surface area contributed by atoms with Crippen LogP contribution in [0.2, 0.25) is 0 Å². The summed E-state index contributed by atoms with van der Waals surface area (Å²) in [6.45, 7) is 0. The molecule has 10 aromatic carbocycles. The first-order valence-electron chi connectivity index (χ1n) is 25.3. The van der Waals surface area contributed by atoms with Gasteiger partial charge >= 0.3 is 0 Å². The number of hydrogen-bond acceptors (Lipinski definition) is 4. The van der Waals surface area contributed by atoms with E-state index in [1.807, 2.05) is 48.5 Å². The second kappa shape index (κ2) is 17.2. The van der Waals surface area contributed by atoms with E-state index in [9.17, 15) is 0 Å². The van der Waals surface area contributed by atoms with Gasteiger partial charge in [-0.1, -0.05) is 146 Å². The van der Waals surface area contributed by atoms with Gasteiger partial charge in [-0.2, -0.15) is 0 Å². The average Bonchev–Trinajstić information content (AvgIpc) is 4.13. The van der Waals surface area contributed by atoms with Crippen molar-refractivity contribution in [2.75, 3.05) is 0 Å². The number of fused-ring (bicyclic) bond motifs is 9. The minimum absolute atomic E-state index is 0.521. The van der Waals surface area contributed by atoms with Crippen LogP contribution in [0.3, 0.4) is 0 Å². The van der Waals surface area contributed by atoms with Crippen molar-refractivity contribution in [1.82, 2.24) is 33.6 Å². The molecule has 0 fully saturated rings. The van der Waals surface area contributed by atoms with E-state index < -0.39 is 0 Å². The lowest BCUT2D eigenvalue weighted by molar-refractivity contribution is 1.06. The maximum absolute atomic E-state index is 5.09. The van der Waals surface area contributed by atoms with Crippen molar-refractivity contribution in [3.8, 4) is 73.6 Å². The van der Waals surface area contributed by atoms with E-state index in [-0.39, 0.29) is 0 Å². The standard InChI is InChI=1S/C68H43N7/c1-4-17-44(18-5-1)66-70-67(72-68(71-66)59-27-14-15-38-69-59)49-19-16-24-52(39-49)75-64-36-32-47(45-30-34-62-55(40-45)53-25-10-12-28-60(53)73(62)50-20-6-2-7-21-50)42-57(64)58-43-48(33-37-65(58)75)46-31-35-63-56(41-46)54-26-11-13-29-61(54)74(63)51-22-8-3-9-23-51/h1-43H. The Balaban J connectivity index is 0.922. The van der Waals surface area contributed by atoms with Crippen LogP contribution in [0, 0.1) is 0 Å². The molecule has 5 heterocycles. The Hall–Kier alpha value is -10.2. The Morgan fingerprint density at radius 2 is 0.600 bits per heavy atom. The van der Waals surface area contributed by atoms with Crippen LogP contribution >= 0.6 is 0 Å². The average molecular weight is 958 g/mol. The van der Waals surface area contributed by atoms with Crippen molar-refractivity contribution in [2.24, 2.45) is 0 Å². The van der Waals surface area contributed by atoms with E-state index in [1.165, 1.54) is 43.6 Å². The van der Waals surface area contributed by atoms with Crippen LogP contribution in [0.25, 0.3) is 139 Å². The molecular formula is C68H43N7. The summed E-state index contributed by atoms with van der Waals surface area (Å²) in [4.78, 5) is 19.7. The number of aromatic nitrogens is 7. The maximum Gasteiger partial charge on any atom is 0.182 e. The molecule has 5 aromatic heterocycles. The Bertz CT molecular complexity index is 4420. The van der Waals surface area contributed by atoms with E-state index in [1.54, 1.807) is 6.20 Å². The number of pyridine rings is 1. The molecule has 0 saturated carbocycles. The highest BCUT2D eigenvalue weighted by molar-refractivity contribution is 6.14. The first-order chi connectivity index (χ1) is 37.2. The van der Waals surface area contributed by atoms with Crippen molar-refractivity contribution in [3.05, 3.63) is 261 Å². The molecule has 350 valence electrons. The van der Waals surface area contributed by atoms with Crippen LogP contribution in [0.15, 0.2) is 261 Å². The molecule has 0 atom stereocenters. The van der Waals surface area contributed by atoms with Crippen LogP contribution in [-0.4, -0.2) is 33.6 Å². The third-order valence-corrected chi connectivity index (χ3v) is 14.7. The minimum Gasteiger partial charge on any atom is -0.309 e. The van der Waals surface area contributed by atoms with Crippen LogP contribution in [0.5, 0.6) is 0 Å². The molecule has 0 aliphatic carbocycles. The summed E-state index contributed by atoms with van der Waals surface area (Å²) in [5.74, 6) is 1.69. The zero-order valence-corrected chi connectivity index (χ0v) is 40.5. The highest BCUT2D eigenvalue weighted by atomic mass is 15.1. The van der Waals surface area contributed by atoms with E-state index in [0.29, 0.717) is 23.2 Å². The van der Waals surface area contributed by atoms with Gasteiger partial charge in [0.25, 0.3) is 0 Å². The summed E-state index contributed by atoms with van der Waals surface area (Å²) in [5, 5.41) is 7.21. The molecule has 0 amide bonds. The fourth-order valence-corrected chi connectivity index (χ4v) is 11.3. The molecule has 15 aromatic rings. The van der Waals surface area contributed by atoms with Crippen LogP contribution < -0.4 is 0 Å². The van der Waals surface area contributed by atoms with Crippen molar-refractivity contribution in [2.45, 2.75) is 0 Å². The van der Waals surface area contributed by atoms with E-state index >= 15 is 0 Å². The van der Waals surface area contributed by atoms with E-state index in [0.717, 1.165) is 72.2 Å². The highest BCUT2D eigenvalue weighted by Gasteiger charge is 2.20. The van der Waals surface area contributed by atoms with Gasteiger partial charge in [-0.25, -0.2) is 15.0 Å². The van der Waals surface area contributed by atoms with Gasteiger partial charge in [0.15, 0.2) is 17.5 Å². The van der Waals surface area contributed by atoms with Crippen molar-refractivity contribution in [3.63, 3.8) is 0 Å². The van der Waals surface area contributed by atoms with Gasteiger partial charge in [-0.05, 0) is 131 Å². The molecule has 0 spiro atoms. The predicted octanol–water partition coefficient (Wildman–Crippen LogP) is 16.9. The molecule has 0 radical (unpaired) electrons. The smallest absolute Gasteiger partial charge is 0.182 e. The van der Waals surface area contributed by atoms with Gasteiger partial charge in [-0.15, -0.1) is 0 Å². The highest BCUT2D eigenvalue weighted by Crippen LogP contribution is 2.41. The summed E-state index contributed by atoms with van der Waals surface area (Å²) in [6, 6.07) is 90.9. The van der Waals surface area contributed by atoms with Crippen LogP contribution in [-0.2, 0) is 0 Å². The Morgan fingerprint density at radius 1 is 0.227 bits per heavy atom. The summed E-state index contributed by atoms with van der Waals surface area (Å²) >= 11 is 0. The summed E-state index contributed by atoms with van der Waals surface area (Å²) < 4.78 is 7.13. The predicted molar refractivity (Wildman–Crippen MR) is 308 cm³/mol. The SMILES string of the molecule is c1ccc(-c2nc(-c3cccc(-n4c5ccc(-c6ccc7c(c6)c6ccccc6n7-c6ccccc6)cc5c5cc(-c6ccc7c(c6)c6ccccc6n7-c6ccccc6)ccc54)c3)nc(-c3ccccn3)n2)cc1. The lowest BCUT2D eigenvalue weighted by Crippen LogP contribution is -2.01. The fraction of sp³-hybridized carbons (Fsp3) is 0. The van der Waals surface area contributed by atoms with Crippen molar-refractivity contribution >= 4 is 65.4 Å². The van der Waals surface area contributed by atoms with Crippen LogP contribution in [0.1, 0.15) is 0 Å². The second-order valence-electron chi connectivity index (χ2n) is 19.1. The molecule has 0 aliphatic heterocycles. The third kappa shape index (κ3) is 7.05. The summed E-state index contributed by atoms with van der Waals surface area (Å²) in [6.07, 6.45) is 1.77. The van der Waals surface area contributed by atoms with Gasteiger partial charge in [0.1, 0.15) is 5.69 Å². The third-order valence-electron chi connectivity index (χ3n) is 14.7. The lowest BCUT2D eigenvalue weighted by Gasteiger charge is -2.12. The molecule has 7 heteroatoms. The zero-order chi connectivity index (χ0) is 49.4. The summed E-state index contributed by atoms with van der Waals surface area (Å²) in [7, 11) is 0. The molecule has 0 unspecified atom stereocenters. The second-order valence-corrected chi connectivity index (χ2v) is 19.1. The summed E-state index contributed by atoms with van der Waals surface area (Å²) in [5.41, 5.74) is 17.3. The zero-order valence-electron chi connectivity index (χ0n) is 40.5. The normalized spacial score (nSPS) is 11.7. The molecule has 7 nitrogen and oxygen atoms in total. The van der Waals surface area contributed by atoms with Crippen LogP contribution in [0.4, 0.5) is 0 Å². The van der Waals surface area contributed by atoms with Gasteiger partial charge in [0.05, 0.1) is 33.1 Å². The molecule has 15 rings (SSSR count). The number of hydrogen-bond donors (Lipinski definition) is 0. The lowest BCUT2D eigenvalue weighted by atomic mass is 9.98. The Labute approximate surface area is 431 Å². The monoisotopic (exact) mass is 957 g/mol. The minimum atomic E-state index is 0.521. The number of benzene rings is 10. The number of para-hydroxylation sites is 4. The molecular weight excluding hydrogens is 915 g/mol. The quantitative estimate of drug-likeness (QED) is 0.152. The van der Waals surface area contributed by atoms with Gasteiger partial charge in [0, 0.05) is 66.7 Å². The van der Waals surface area contributed by atoms with Crippen molar-refractivity contribution in [1.29, 1.82) is 0 Å². The molecule has 0 N–H and O–H groups in total. The number of nitrogens with zero attached hydrogens (tertiary/aromatic N) is 7.